The molecule has 3 aromatic rings. The number of hydrogen-bond donors (Lipinski definition) is 2. The first-order valence-corrected chi connectivity index (χ1v) is 9.70. The molecule has 3 rings (SSSR count). The van der Waals surface area contributed by atoms with Crippen molar-refractivity contribution in [2.45, 2.75) is 39.0 Å². The summed E-state index contributed by atoms with van der Waals surface area (Å²) >= 11 is 1.69. The lowest BCUT2D eigenvalue weighted by molar-refractivity contribution is -0.137. The molecule has 0 spiro atoms. The maximum Gasteiger partial charge on any atom is 0.303 e. The smallest absolute Gasteiger partial charge is 0.303 e. The predicted octanol–water partition coefficient (Wildman–Crippen LogP) is 4.65. The second-order valence-corrected chi connectivity index (χ2v) is 7.59. The van der Waals surface area contributed by atoms with E-state index in [1.165, 1.54) is 10.4 Å². The van der Waals surface area contributed by atoms with Crippen LogP contribution in [0.1, 0.15) is 41.9 Å². The van der Waals surface area contributed by atoms with E-state index in [-0.39, 0.29) is 6.42 Å². The summed E-state index contributed by atoms with van der Waals surface area (Å²) in [5, 5.41) is 13.2. The van der Waals surface area contributed by atoms with Gasteiger partial charge in [-0.2, -0.15) is 0 Å². The van der Waals surface area contributed by atoms with Gasteiger partial charge in [-0.3, -0.25) is 4.79 Å². The largest absolute Gasteiger partial charge is 0.481 e. The highest BCUT2D eigenvalue weighted by Gasteiger charge is 2.11. The van der Waals surface area contributed by atoms with Crippen LogP contribution in [0, 0.1) is 6.92 Å². The monoisotopic (exact) mass is 369 g/mol. The quantitative estimate of drug-likeness (QED) is 0.537. The van der Waals surface area contributed by atoms with Crippen LogP contribution >= 0.6 is 11.3 Å². The van der Waals surface area contributed by atoms with Crippen molar-refractivity contribution in [2.24, 2.45) is 0 Å². The molecular formula is C20H23N3O2S. The van der Waals surface area contributed by atoms with Crippen LogP contribution in [0.25, 0.3) is 10.2 Å². The van der Waals surface area contributed by atoms with E-state index in [2.05, 4.69) is 30.4 Å². The van der Waals surface area contributed by atoms with Crippen LogP contribution in [-0.2, 0) is 11.2 Å². The van der Waals surface area contributed by atoms with Gasteiger partial charge < -0.3 is 10.4 Å². The van der Waals surface area contributed by atoms with E-state index in [0.717, 1.165) is 41.2 Å². The van der Waals surface area contributed by atoms with Gasteiger partial charge in [0.15, 0.2) is 0 Å². The molecule has 0 saturated carbocycles. The third-order valence-corrected chi connectivity index (χ3v) is 5.07. The molecule has 0 amide bonds. The molecule has 0 atom stereocenters. The van der Waals surface area contributed by atoms with Crippen molar-refractivity contribution in [1.82, 2.24) is 9.97 Å². The highest BCUT2D eigenvalue weighted by atomic mass is 32.1. The molecule has 0 aliphatic carbocycles. The van der Waals surface area contributed by atoms with Gasteiger partial charge in [0.1, 0.15) is 16.5 Å². The Morgan fingerprint density at radius 1 is 1.15 bits per heavy atom. The van der Waals surface area contributed by atoms with E-state index >= 15 is 0 Å². The zero-order chi connectivity index (χ0) is 18.4. The number of carbonyl (C=O) groups is 1. The summed E-state index contributed by atoms with van der Waals surface area (Å²) in [7, 11) is 0. The number of hydrogen-bond acceptors (Lipinski definition) is 5. The van der Waals surface area contributed by atoms with Crippen LogP contribution in [0.5, 0.6) is 0 Å². The van der Waals surface area contributed by atoms with Crippen molar-refractivity contribution in [3.8, 4) is 0 Å². The Bertz CT molecular complexity index is 877. The van der Waals surface area contributed by atoms with E-state index in [9.17, 15) is 4.79 Å². The van der Waals surface area contributed by atoms with Gasteiger partial charge in [-0.1, -0.05) is 36.8 Å². The maximum absolute atomic E-state index is 10.6. The second kappa shape index (κ2) is 8.76. The Morgan fingerprint density at radius 2 is 1.96 bits per heavy atom. The lowest BCUT2D eigenvalue weighted by Crippen LogP contribution is -2.07. The van der Waals surface area contributed by atoms with Crippen LogP contribution in [0.15, 0.2) is 36.4 Å². The second-order valence-electron chi connectivity index (χ2n) is 6.36. The zero-order valence-electron chi connectivity index (χ0n) is 14.9. The summed E-state index contributed by atoms with van der Waals surface area (Å²) < 4.78 is 0. The first kappa shape index (κ1) is 18.3. The molecule has 0 unspecified atom stereocenters. The summed E-state index contributed by atoms with van der Waals surface area (Å²) in [5.41, 5.74) is 1.19. The van der Waals surface area contributed by atoms with Gasteiger partial charge in [-0.25, -0.2) is 9.97 Å². The Hall–Kier alpha value is -2.47. The molecule has 0 bridgehead atoms. The van der Waals surface area contributed by atoms with Crippen molar-refractivity contribution >= 4 is 33.3 Å². The molecule has 5 nitrogen and oxygen atoms in total. The zero-order valence-corrected chi connectivity index (χ0v) is 15.7. The number of rotatable bonds is 9. The Kier molecular flexibility index (Phi) is 6.17. The van der Waals surface area contributed by atoms with Gasteiger partial charge in [0.2, 0.25) is 0 Å². The molecular weight excluding hydrogens is 346 g/mol. The minimum Gasteiger partial charge on any atom is -0.481 e. The fourth-order valence-electron chi connectivity index (χ4n) is 2.86. The van der Waals surface area contributed by atoms with Gasteiger partial charge in [0.05, 0.1) is 5.39 Å². The minimum atomic E-state index is -0.727. The first-order valence-electron chi connectivity index (χ1n) is 8.88. The molecule has 136 valence electrons. The van der Waals surface area contributed by atoms with Gasteiger partial charge in [0, 0.05) is 24.3 Å². The average Bonchev–Trinajstić information content (AvgIpc) is 2.99. The number of carboxylic acids is 1. The minimum absolute atomic E-state index is 0.239. The Labute approximate surface area is 157 Å². The highest BCUT2D eigenvalue weighted by Crippen LogP contribution is 2.29. The Balaban J connectivity index is 1.70. The highest BCUT2D eigenvalue weighted by molar-refractivity contribution is 7.18. The van der Waals surface area contributed by atoms with Crippen molar-refractivity contribution in [3.05, 3.63) is 52.7 Å². The van der Waals surface area contributed by atoms with Crippen LogP contribution in [0.2, 0.25) is 0 Å². The number of benzene rings is 1. The van der Waals surface area contributed by atoms with Crippen molar-refractivity contribution in [3.63, 3.8) is 0 Å². The van der Waals surface area contributed by atoms with E-state index in [1.807, 2.05) is 18.2 Å². The molecule has 0 aliphatic heterocycles. The van der Waals surface area contributed by atoms with E-state index in [4.69, 9.17) is 15.1 Å². The number of nitrogens with zero attached hydrogens (tertiary/aromatic N) is 2. The summed E-state index contributed by atoms with van der Waals surface area (Å²) in [6.45, 7) is 2.87. The topological polar surface area (TPSA) is 75.1 Å². The van der Waals surface area contributed by atoms with Gasteiger partial charge in [0.25, 0.3) is 0 Å². The standard InChI is InChI=1S/C20H23N3O2S/c1-14-12-16-19(21-11-7-3-6-10-18(24)25)22-17(23-20(16)26-14)13-15-8-4-2-5-9-15/h2,4-5,8-9,12H,3,6-7,10-11,13H2,1H3,(H,24,25)(H,21,22,23). The lowest BCUT2D eigenvalue weighted by atomic mass is 10.1. The Morgan fingerprint density at radius 3 is 2.73 bits per heavy atom. The summed E-state index contributed by atoms with van der Waals surface area (Å²) in [5.74, 6) is 0.970. The normalized spacial score (nSPS) is 11.0. The van der Waals surface area contributed by atoms with Crippen molar-refractivity contribution in [2.75, 3.05) is 11.9 Å². The molecule has 0 saturated heterocycles. The molecule has 2 aromatic heterocycles. The molecule has 0 radical (unpaired) electrons. The number of unbranched alkanes of at least 4 members (excludes halogenated alkanes) is 2. The van der Waals surface area contributed by atoms with E-state index < -0.39 is 5.97 Å². The number of thiophene rings is 1. The molecule has 2 N–H and O–H groups in total. The molecule has 0 aliphatic rings. The van der Waals surface area contributed by atoms with E-state index in [0.29, 0.717) is 12.8 Å². The number of aliphatic carboxylic acids is 1. The summed E-state index contributed by atoms with van der Waals surface area (Å²) in [6.07, 6.45) is 3.49. The van der Waals surface area contributed by atoms with Gasteiger partial charge in [-0.05, 0) is 31.4 Å². The molecule has 6 heteroatoms. The first-order chi connectivity index (χ1) is 12.6. The number of aromatic nitrogens is 2. The van der Waals surface area contributed by atoms with Crippen LogP contribution in [-0.4, -0.2) is 27.6 Å². The van der Waals surface area contributed by atoms with E-state index in [1.54, 1.807) is 11.3 Å². The molecule has 1 aromatic carbocycles. The summed E-state index contributed by atoms with van der Waals surface area (Å²) in [6, 6.07) is 12.4. The lowest BCUT2D eigenvalue weighted by Gasteiger charge is -2.09. The molecule has 26 heavy (non-hydrogen) atoms. The fourth-order valence-corrected chi connectivity index (χ4v) is 3.76. The van der Waals surface area contributed by atoms with Gasteiger partial charge >= 0.3 is 5.97 Å². The number of fused-ring (bicyclic) bond motifs is 1. The fraction of sp³-hybridized carbons (Fsp3) is 0.350. The number of carboxylic acid groups (broad SMARTS) is 1. The predicted molar refractivity (Wildman–Crippen MR) is 106 cm³/mol. The molecule has 2 heterocycles. The maximum atomic E-state index is 10.6. The van der Waals surface area contributed by atoms with Crippen LogP contribution in [0.3, 0.4) is 0 Å². The van der Waals surface area contributed by atoms with Gasteiger partial charge in [-0.15, -0.1) is 11.3 Å². The third-order valence-electron chi connectivity index (χ3n) is 4.13. The van der Waals surface area contributed by atoms with Crippen molar-refractivity contribution < 1.29 is 9.90 Å². The third kappa shape index (κ3) is 5.02. The SMILES string of the molecule is Cc1cc2c(NCCCCCC(=O)O)nc(Cc3ccccc3)nc2s1. The number of nitrogens with one attached hydrogen (secondary N) is 1. The number of anilines is 1. The summed E-state index contributed by atoms with van der Waals surface area (Å²) in [4.78, 5) is 22.3. The number of aryl methyl sites for hydroxylation is 1. The van der Waals surface area contributed by atoms with Crippen LogP contribution < -0.4 is 5.32 Å². The average molecular weight is 369 g/mol. The molecule has 0 fully saturated rings. The van der Waals surface area contributed by atoms with Crippen molar-refractivity contribution in [1.29, 1.82) is 0 Å². The van der Waals surface area contributed by atoms with Crippen LogP contribution in [0.4, 0.5) is 5.82 Å².